The van der Waals surface area contributed by atoms with E-state index >= 15 is 0 Å². The van der Waals surface area contributed by atoms with Gasteiger partial charge in [-0.3, -0.25) is 0 Å². The van der Waals surface area contributed by atoms with Gasteiger partial charge in [0.2, 0.25) is 5.95 Å². The number of halogens is 2. The van der Waals surface area contributed by atoms with Crippen LogP contribution in [-0.2, 0) is 6.54 Å². The molecule has 2 rings (SSSR count). The number of aryl methyl sites for hydroxylation is 1. The molecule has 7 heteroatoms. The van der Waals surface area contributed by atoms with E-state index in [-0.39, 0.29) is 10.0 Å². The second kappa shape index (κ2) is 6.11. The summed E-state index contributed by atoms with van der Waals surface area (Å²) in [6.45, 7) is 2.24. The second-order valence-corrected chi connectivity index (χ2v) is 5.03. The second-order valence-electron chi connectivity index (χ2n) is 4.18. The Balaban J connectivity index is 2.14. The lowest BCUT2D eigenvalue weighted by molar-refractivity contribution is 0.627. The van der Waals surface area contributed by atoms with Crippen LogP contribution in [-0.4, -0.2) is 15.0 Å². The van der Waals surface area contributed by atoms with E-state index in [0.717, 1.165) is 11.3 Å². The Bertz CT molecular complexity index is 663. The molecule has 1 aromatic heterocycles. The number of thiocarbonyl (C=S) groups is 1. The summed E-state index contributed by atoms with van der Waals surface area (Å²) in [6, 6.07) is 6.21. The molecular weight excluding hydrogens is 299 g/mol. The average Bonchev–Trinajstić information content (AvgIpc) is 2.39. The Hall–Kier alpha value is -1.79. The molecule has 1 aromatic carbocycles. The molecule has 0 aliphatic heterocycles. The quantitative estimate of drug-likeness (QED) is 0.850. The lowest BCUT2D eigenvalue weighted by Crippen LogP contribution is -2.14. The van der Waals surface area contributed by atoms with Gasteiger partial charge < -0.3 is 11.1 Å². The zero-order valence-electron chi connectivity index (χ0n) is 10.7. The molecule has 0 saturated heterocycles. The van der Waals surface area contributed by atoms with E-state index in [1.54, 1.807) is 18.2 Å². The summed E-state index contributed by atoms with van der Waals surface area (Å²) in [7, 11) is 0. The third-order valence-electron chi connectivity index (χ3n) is 2.54. The average molecular weight is 311 g/mol. The standard InChI is InChI=1S/C13H12ClFN4S/c1-7-4-11(12(16)20)19-13(18-7)17-6-8-2-3-10(15)9(14)5-8/h2-5H,6H2,1H3,(H2,16,20)(H,17,18,19). The van der Waals surface area contributed by atoms with E-state index in [2.05, 4.69) is 15.3 Å². The van der Waals surface area contributed by atoms with Crippen LogP contribution in [0.2, 0.25) is 5.02 Å². The molecule has 0 radical (unpaired) electrons. The van der Waals surface area contributed by atoms with E-state index in [1.165, 1.54) is 6.07 Å². The lowest BCUT2D eigenvalue weighted by atomic mass is 10.2. The Morgan fingerprint density at radius 2 is 2.15 bits per heavy atom. The van der Waals surface area contributed by atoms with Gasteiger partial charge in [-0.2, -0.15) is 0 Å². The number of hydrogen-bond donors (Lipinski definition) is 2. The van der Waals surface area contributed by atoms with Gasteiger partial charge in [0.15, 0.2) is 0 Å². The molecular formula is C13H12ClFN4S. The summed E-state index contributed by atoms with van der Waals surface area (Å²) >= 11 is 10.6. The fraction of sp³-hybridized carbons (Fsp3) is 0.154. The molecule has 4 nitrogen and oxygen atoms in total. The van der Waals surface area contributed by atoms with Crippen molar-refractivity contribution >= 4 is 34.8 Å². The predicted molar refractivity (Wildman–Crippen MR) is 81.4 cm³/mol. The highest BCUT2D eigenvalue weighted by molar-refractivity contribution is 7.80. The fourth-order valence-corrected chi connectivity index (χ4v) is 1.91. The molecule has 0 atom stereocenters. The number of anilines is 1. The molecule has 0 fully saturated rings. The Morgan fingerprint density at radius 1 is 1.40 bits per heavy atom. The first-order chi connectivity index (χ1) is 9.45. The number of benzene rings is 1. The van der Waals surface area contributed by atoms with Gasteiger partial charge in [-0.05, 0) is 30.7 Å². The van der Waals surface area contributed by atoms with Crippen molar-refractivity contribution in [2.75, 3.05) is 5.32 Å². The number of nitrogens with one attached hydrogen (secondary N) is 1. The van der Waals surface area contributed by atoms with E-state index in [4.69, 9.17) is 29.6 Å². The molecule has 0 amide bonds. The minimum Gasteiger partial charge on any atom is -0.388 e. The molecule has 0 aliphatic rings. The summed E-state index contributed by atoms with van der Waals surface area (Å²) in [5.41, 5.74) is 7.63. The van der Waals surface area contributed by atoms with Gasteiger partial charge in [-0.15, -0.1) is 0 Å². The smallest absolute Gasteiger partial charge is 0.223 e. The first-order valence-corrected chi connectivity index (χ1v) is 6.57. The molecule has 0 bridgehead atoms. The minimum atomic E-state index is -0.446. The molecule has 104 valence electrons. The number of hydrogen-bond acceptors (Lipinski definition) is 4. The summed E-state index contributed by atoms with van der Waals surface area (Å²) in [5.74, 6) is -0.0359. The number of nitrogens with zero attached hydrogens (tertiary/aromatic N) is 2. The summed E-state index contributed by atoms with van der Waals surface area (Å²) in [5, 5.41) is 3.11. The Labute approximate surface area is 126 Å². The van der Waals surface area contributed by atoms with Crippen LogP contribution in [0.3, 0.4) is 0 Å². The number of aromatic nitrogens is 2. The van der Waals surface area contributed by atoms with Gasteiger partial charge in [-0.25, -0.2) is 14.4 Å². The van der Waals surface area contributed by atoms with Crippen LogP contribution in [0.5, 0.6) is 0 Å². The molecule has 0 aliphatic carbocycles. The number of rotatable bonds is 4. The highest BCUT2D eigenvalue weighted by Gasteiger charge is 2.05. The molecule has 1 heterocycles. The van der Waals surface area contributed by atoms with Crippen LogP contribution in [0.25, 0.3) is 0 Å². The maximum atomic E-state index is 13.1. The minimum absolute atomic E-state index is 0.0817. The number of nitrogens with two attached hydrogens (primary N) is 1. The van der Waals surface area contributed by atoms with Crippen LogP contribution in [0, 0.1) is 12.7 Å². The van der Waals surface area contributed by atoms with Gasteiger partial charge in [-0.1, -0.05) is 29.9 Å². The van der Waals surface area contributed by atoms with E-state index in [0.29, 0.717) is 18.2 Å². The van der Waals surface area contributed by atoms with Crippen LogP contribution >= 0.6 is 23.8 Å². The maximum Gasteiger partial charge on any atom is 0.223 e. The first kappa shape index (κ1) is 14.6. The van der Waals surface area contributed by atoms with Crippen LogP contribution in [0.1, 0.15) is 17.0 Å². The van der Waals surface area contributed by atoms with Gasteiger partial charge in [0.1, 0.15) is 16.5 Å². The van der Waals surface area contributed by atoms with Crippen molar-refractivity contribution in [3.05, 3.63) is 52.1 Å². The Morgan fingerprint density at radius 3 is 2.80 bits per heavy atom. The van der Waals surface area contributed by atoms with Crippen molar-refractivity contribution in [3.8, 4) is 0 Å². The molecule has 0 unspecified atom stereocenters. The van der Waals surface area contributed by atoms with Crippen molar-refractivity contribution in [2.45, 2.75) is 13.5 Å². The van der Waals surface area contributed by atoms with Crippen LogP contribution in [0.15, 0.2) is 24.3 Å². The van der Waals surface area contributed by atoms with Gasteiger partial charge >= 0.3 is 0 Å². The predicted octanol–water partition coefficient (Wildman–Crippen LogP) is 2.82. The van der Waals surface area contributed by atoms with Crippen molar-refractivity contribution in [2.24, 2.45) is 5.73 Å². The topological polar surface area (TPSA) is 63.8 Å². The highest BCUT2D eigenvalue weighted by Crippen LogP contribution is 2.16. The van der Waals surface area contributed by atoms with E-state index < -0.39 is 5.82 Å². The van der Waals surface area contributed by atoms with Crippen molar-refractivity contribution in [1.82, 2.24) is 9.97 Å². The van der Waals surface area contributed by atoms with Crippen molar-refractivity contribution in [1.29, 1.82) is 0 Å². The zero-order valence-corrected chi connectivity index (χ0v) is 12.2. The van der Waals surface area contributed by atoms with Crippen LogP contribution < -0.4 is 11.1 Å². The SMILES string of the molecule is Cc1cc(C(N)=S)nc(NCc2ccc(F)c(Cl)c2)n1. The van der Waals surface area contributed by atoms with Crippen molar-refractivity contribution in [3.63, 3.8) is 0 Å². The van der Waals surface area contributed by atoms with E-state index in [1.807, 2.05) is 6.92 Å². The Kier molecular flexibility index (Phi) is 4.46. The fourth-order valence-electron chi connectivity index (χ4n) is 1.60. The van der Waals surface area contributed by atoms with Crippen molar-refractivity contribution < 1.29 is 4.39 Å². The molecule has 2 aromatic rings. The monoisotopic (exact) mass is 310 g/mol. The highest BCUT2D eigenvalue weighted by atomic mass is 35.5. The maximum absolute atomic E-state index is 13.1. The molecule has 3 N–H and O–H groups in total. The van der Waals surface area contributed by atoms with Gasteiger partial charge in [0.05, 0.1) is 5.02 Å². The van der Waals surface area contributed by atoms with E-state index in [9.17, 15) is 4.39 Å². The largest absolute Gasteiger partial charge is 0.388 e. The third-order valence-corrected chi connectivity index (χ3v) is 3.04. The summed E-state index contributed by atoms with van der Waals surface area (Å²) < 4.78 is 13.1. The zero-order chi connectivity index (χ0) is 14.7. The molecule has 20 heavy (non-hydrogen) atoms. The molecule has 0 spiro atoms. The van der Waals surface area contributed by atoms with Gasteiger partial charge in [0, 0.05) is 12.2 Å². The van der Waals surface area contributed by atoms with Crippen LogP contribution in [0.4, 0.5) is 10.3 Å². The lowest BCUT2D eigenvalue weighted by Gasteiger charge is -2.08. The molecule has 0 saturated carbocycles. The summed E-state index contributed by atoms with van der Waals surface area (Å²) in [4.78, 5) is 8.63. The first-order valence-electron chi connectivity index (χ1n) is 5.79. The summed E-state index contributed by atoms with van der Waals surface area (Å²) in [6.07, 6.45) is 0. The third kappa shape index (κ3) is 3.61. The van der Waals surface area contributed by atoms with Gasteiger partial charge in [0.25, 0.3) is 0 Å². The normalized spacial score (nSPS) is 10.3.